The van der Waals surface area contributed by atoms with E-state index in [2.05, 4.69) is 5.32 Å². The number of amides is 2. The number of carbonyl (C=O) groups is 2. The maximum atomic E-state index is 13.4. The molecular weight excluding hydrogens is 461 g/mol. The predicted molar refractivity (Wildman–Crippen MR) is 129 cm³/mol. The van der Waals surface area contributed by atoms with Crippen LogP contribution in [-0.4, -0.2) is 57.1 Å². The zero-order valence-corrected chi connectivity index (χ0v) is 20.9. The molecule has 2 rings (SSSR count). The molecule has 2 amide bonds. The second-order valence-electron chi connectivity index (χ2n) is 8.11. The maximum Gasteiger partial charge on any atom is 0.244 e. The van der Waals surface area contributed by atoms with Crippen LogP contribution < -0.4 is 14.4 Å². The van der Waals surface area contributed by atoms with E-state index in [1.54, 1.807) is 31.2 Å². The number of hydrogen-bond donors (Lipinski definition) is 1. The van der Waals surface area contributed by atoms with E-state index in [9.17, 15) is 22.4 Å². The number of ether oxygens (including phenoxy) is 1. The van der Waals surface area contributed by atoms with Crippen LogP contribution in [0.2, 0.25) is 0 Å². The van der Waals surface area contributed by atoms with Gasteiger partial charge >= 0.3 is 0 Å². The minimum Gasteiger partial charge on any atom is -0.497 e. The lowest BCUT2D eigenvalue weighted by Crippen LogP contribution is -2.52. The van der Waals surface area contributed by atoms with Gasteiger partial charge in [0.15, 0.2) is 0 Å². The third-order valence-electron chi connectivity index (χ3n) is 5.45. The van der Waals surface area contributed by atoms with Crippen molar-refractivity contribution in [1.29, 1.82) is 0 Å². The van der Waals surface area contributed by atoms with Crippen LogP contribution in [0.25, 0.3) is 0 Å². The van der Waals surface area contributed by atoms with Crippen molar-refractivity contribution in [2.75, 3.05) is 24.2 Å². The molecule has 2 aromatic carbocycles. The number of hydrogen-bond acceptors (Lipinski definition) is 5. The molecule has 34 heavy (non-hydrogen) atoms. The van der Waals surface area contributed by atoms with Crippen LogP contribution in [0.4, 0.5) is 10.1 Å². The number of halogens is 1. The van der Waals surface area contributed by atoms with Crippen molar-refractivity contribution in [2.45, 2.75) is 45.8 Å². The summed E-state index contributed by atoms with van der Waals surface area (Å²) in [6.45, 7) is 4.90. The van der Waals surface area contributed by atoms with Gasteiger partial charge in [-0.1, -0.05) is 19.1 Å². The van der Waals surface area contributed by atoms with Crippen molar-refractivity contribution in [1.82, 2.24) is 10.2 Å². The van der Waals surface area contributed by atoms with E-state index in [1.165, 1.54) is 24.1 Å². The highest BCUT2D eigenvalue weighted by molar-refractivity contribution is 7.92. The summed E-state index contributed by atoms with van der Waals surface area (Å²) in [7, 11) is -2.34. The molecule has 0 saturated carbocycles. The second-order valence-corrected chi connectivity index (χ2v) is 10.0. The second kappa shape index (κ2) is 11.8. The Kier molecular flexibility index (Phi) is 9.43. The van der Waals surface area contributed by atoms with Crippen molar-refractivity contribution in [3.05, 3.63) is 59.9 Å². The van der Waals surface area contributed by atoms with E-state index in [0.717, 1.165) is 22.7 Å². The van der Waals surface area contributed by atoms with Gasteiger partial charge in [-0.3, -0.25) is 13.9 Å². The Morgan fingerprint density at radius 2 is 1.76 bits per heavy atom. The summed E-state index contributed by atoms with van der Waals surface area (Å²) in [5, 5.41) is 2.86. The molecule has 0 saturated heterocycles. The molecule has 0 aromatic heterocycles. The van der Waals surface area contributed by atoms with Gasteiger partial charge in [0.25, 0.3) is 0 Å². The monoisotopic (exact) mass is 493 g/mol. The number of nitrogens with one attached hydrogen (secondary N) is 1. The van der Waals surface area contributed by atoms with Gasteiger partial charge in [0, 0.05) is 12.6 Å². The lowest BCUT2D eigenvalue weighted by Gasteiger charge is -2.32. The largest absolute Gasteiger partial charge is 0.497 e. The topological polar surface area (TPSA) is 96.0 Å². The number of nitrogens with zero attached hydrogens (tertiary/aromatic N) is 2. The molecular formula is C24H32FN3O5S. The van der Waals surface area contributed by atoms with Gasteiger partial charge in [0.1, 0.15) is 24.2 Å². The molecule has 0 fully saturated rings. The minimum absolute atomic E-state index is 0.0617. The fourth-order valence-corrected chi connectivity index (χ4v) is 4.09. The van der Waals surface area contributed by atoms with Gasteiger partial charge in [-0.25, -0.2) is 12.8 Å². The first-order valence-electron chi connectivity index (χ1n) is 10.9. The van der Waals surface area contributed by atoms with Crippen LogP contribution in [0.15, 0.2) is 48.5 Å². The fourth-order valence-electron chi connectivity index (χ4n) is 3.24. The summed E-state index contributed by atoms with van der Waals surface area (Å²) in [5.74, 6) is -0.869. The molecule has 0 aliphatic heterocycles. The number of sulfonamides is 1. The third-order valence-corrected chi connectivity index (χ3v) is 6.59. The van der Waals surface area contributed by atoms with Crippen LogP contribution >= 0.6 is 0 Å². The molecule has 8 nitrogen and oxygen atoms in total. The van der Waals surface area contributed by atoms with E-state index < -0.39 is 34.3 Å². The van der Waals surface area contributed by atoms with Crippen molar-refractivity contribution in [2.24, 2.45) is 0 Å². The average Bonchev–Trinajstić information content (AvgIpc) is 2.80. The SMILES string of the molecule is CC[C@@H](C)NC(=O)[C@@H](C)N(Cc1cccc(OC)c1)C(=O)CN(c1ccc(F)cc1)S(C)(=O)=O. The molecule has 2 atom stereocenters. The molecule has 10 heteroatoms. The number of methoxy groups -OCH3 is 1. The van der Waals surface area contributed by atoms with Gasteiger partial charge in [-0.15, -0.1) is 0 Å². The van der Waals surface area contributed by atoms with Crippen LogP contribution in [0.1, 0.15) is 32.8 Å². The summed E-state index contributed by atoms with van der Waals surface area (Å²) in [6, 6.07) is 10.9. The Morgan fingerprint density at radius 3 is 2.32 bits per heavy atom. The van der Waals surface area contributed by atoms with Crippen molar-refractivity contribution >= 4 is 27.5 Å². The zero-order valence-electron chi connectivity index (χ0n) is 20.1. The molecule has 186 valence electrons. The number of rotatable bonds is 11. The smallest absolute Gasteiger partial charge is 0.244 e. The molecule has 0 aliphatic rings. The van der Waals surface area contributed by atoms with Crippen molar-refractivity contribution in [3.63, 3.8) is 0 Å². The average molecular weight is 494 g/mol. The standard InChI is InChI=1S/C24H32FN3O5S/c1-6-17(2)26-24(30)18(3)27(15-19-8-7-9-22(14-19)33-4)23(29)16-28(34(5,31)32)21-12-10-20(25)11-13-21/h7-14,17-18H,6,15-16H2,1-5H3,(H,26,30)/t17-,18-/m1/s1. The number of carbonyl (C=O) groups excluding carboxylic acids is 2. The first kappa shape index (κ1) is 27.1. The summed E-state index contributed by atoms with van der Waals surface area (Å²) in [6.07, 6.45) is 1.68. The fraction of sp³-hybridized carbons (Fsp3) is 0.417. The molecule has 0 spiro atoms. The minimum atomic E-state index is -3.87. The Hall–Kier alpha value is -3.14. The van der Waals surface area contributed by atoms with E-state index >= 15 is 0 Å². The lowest BCUT2D eigenvalue weighted by molar-refractivity contribution is -0.139. The highest BCUT2D eigenvalue weighted by Crippen LogP contribution is 2.20. The molecule has 0 bridgehead atoms. The Morgan fingerprint density at radius 1 is 1.12 bits per heavy atom. The Labute approximate surface area is 200 Å². The number of benzene rings is 2. The molecule has 0 heterocycles. The summed E-state index contributed by atoms with van der Waals surface area (Å²) in [4.78, 5) is 27.6. The van der Waals surface area contributed by atoms with Gasteiger partial charge in [0.05, 0.1) is 19.1 Å². The van der Waals surface area contributed by atoms with E-state index in [-0.39, 0.29) is 24.2 Å². The molecule has 0 unspecified atom stereocenters. The van der Waals surface area contributed by atoms with Gasteiger partial charge in [0.2, 0.25) is 21.8 Å². The van der Waals surface area contributed by atoms with Crippen LogP contribution in [0.3, 0.4) is 0 Å². The molecule has 1 N–H and O–H groups in total. The van der Waals surface area contributed by atoms with Crippen LogP contribution in [0, 0.1) is 5.82 Å². The van der Waals surface area contributed by atoms with Gasteiger partial charge in [-0.2, -0.15) is 0 Å². The quantitative estimate of drug-likeness (QED) is 0.519. The van der Waals surface area contributed by atoms with E-state index in [4.69, 9.17) is 4.74 Å². The van der Waals surface area contributed by atoms with Crippen LogP contribution in [-0.2, 0) is 26.2 Å². The summed E-state index contributed by atoms with van der Waals surface area (Å²) < 4.78 is 44.5. The number of anilines is 1. The predicted octanol–water partition coefficient (Wildman–Crippen LogP) is 2.93. The molecule has 0 aliphatic carbocycles. The van der Waals surface area contributed by atoms with Crippen molar-refractivity contribution < 1.29 is 27.1 Å². The first-order chi connectivity index (χ1) is 16.0. The normalized spacial score (nSPS) is 13.0. The summed E-state index contributed by atoms with van der Waals surface area (Å²) in [5.41, 5.74) is 0.860. The molecule has 2 aromatic rings. The van der Waals surface area contributed by atoms with Crippen LogP contribution in [0.5, 0.6) is 5.75 Å². The summed E-state index contributed by atoms with van der Waals surface area (Å²) >= 11 is 0. The third kappa shape index (κ3) is 7.44. The van der Waals surface area contributed by atoms with E-state index in [0.29, 0.717) is 17.7 Å². The Bertz CT molecular complexity index is 1090. The molecule has 0 radical (unpaired) electrons. The van der Waals surface area contributed by atoms with E-state index in [1.807, 2.05) is 13.8 Å². The maximum absolute atomic E-state index is 13.4. The Balaban J connectivity index is 2.39. The first-order valence-corrected chi connectivity index (χ1v) is 12.8. The van der Waals surface area contributed by atoms with Gasteiger partial charge in [-0.05, 0) is 62.2 Å². The van der Waals surface area contributed by atoms with Crippen molar-refractivity contribution in [3.8, 4) is 5.75 Å². The zero-order chi connectivity index (χ0) is 25.5. The highest BCUT2D eigenvalue weighted by Gasteiger charge is 2.30. The van der Waals surface area contributed by atoms with Gasteiger partial charge < -0.3 is 15.0 Å². The highest BCUT2D eigenvalue weighted by atomic mass is 32.2. The lowest BCUT2D eigenvalue weighted by atomic mass is 10.1.